The van der Waals surface area contributed by atoms with E-state index in [0.29, 0.717) is 18.1 Å². The SMILES string of the molecule is CCN(C[C@@H]1CN(C2CCCCCCC2)C(=O)O1)S(=O)(=O)c1ccc(Cl)cc1. The van der Waals surface area contributed by atoms with E-state index in [4.69, 9.17) is 16.3 Å². The number of carbonyl (C=O) groups excluding carboxylic acids is 1. The van der Waals surface area contributed by atoms with Gasteiger partial charge in [-0.3, -0.25) is 0 Å². The van der Waals surface area contributed by atoms with E-state index < -0.39 is 16.1 Å². The van der Waals surface area contributed by atoms with Crippen molar-refractivity contribution in [1.29, 1.82) is 0 Å². The smallest absolute Gasteiger partial charge is 0.410 e. The van der Waals surface area contributed by atoms with Crippen LogP contribution in [0.15, 0.2) is 29.2 Å². The van der Waals surface area contributed by atoms with E-state index in [0.717, 1.165) is 25.7 Å². The van der Waals surface area contributed by atoms with Crippen molar-refractivity contribution in [2.45, 2.75) is 68.9 Å². The molecule has 1 amide bonds. The predicted octanol–water partition coefficient (Wildman–Crippen LogP) is 4.28. The molecule has 0 radical (unpaired) electrons. The molecule has 2 fully saturated rings. The van der Waals surface area contributed by atoms with Crippen LogP contribution in [0.4, 0.5) is 4.79 Å². The molecule has 0 unspecified atom stereocenters. The van der Waals surface area contributed by atoms with Crippen molar-refractivity contribution in [2.75, 3.05) is 19.6 Å². The molecule has 0 N–H and O–H groups in total. The molecular formula is C20H29ClN2O4S. The van der Waals surface area contributed by atoms with Crippen LogP contribution in [0.25, 0.3) is 0 Å². The zero-order chi connectivity index (χ0) is 20.1. The van der Waals surface area contributed by atoms with Gasteiger partial charge in [0.25, 0.3) is 0 Å². The fourth-order valence-corrected chi connectivity index (χ4v) is 5.67. The summed E-state index contributed by atoms with van der Waals surface area (Å²) < 4.78 is 32.8. The molecule has 1 aliphatic carbocycles. The first-order valence-electron chi connectivity index (χ1n) is 10.1. The van der Waals surface area contributed by atoms with E-state index in [1.54, 1.807) is 19.1 Å². The van der Waals surface area contributed by atoms with Crippen LogP contribution < -0.4 is 0 Å². The molecule has 0 bridgehead atoms. The maximum absolute atomic E-state index is 12.9. The van der Waals surface area contributed by atoms with Crippen LogP contribution in [0.3, 0.4) is 0 Å². The second-order valence-electron chi connectivity index (χ2n) is 7.57. The highest BCUT2D eigenvalue weighted by Gasteiger charge is 2.38. The lowest BCUT2D eigenvalue weighted by Crippen LogP contribution is -2.40. The number of nitrogens with zero attached hydrogens (tertiary/aromatic N) is 2. The molecule has 1 heterocycles. The minimum Gasteiger partial charge on any atom is -0.443 e. The summed E-state index contributed by atoms with van der Waals surface area (Å²) in [6.07, 6.45) is 7.21. The number of sulfonamides is 1. The third-order valence-corrected chi connectivity index (χ3v) is 7.84. The normalized spacial score (nSPS) is 22.2. The first kappa shape index (κ1) is 21.4. The van der Waals surface area contributed by atoms with Crippen molar-refractivity contribution in [3.8, 4) is 0 Å². The molecule has 156 valence electrons. The number of hydrogen-bond donors (Lipinski definition) is 0. The van der Waals surface area contributed by atoms with E-state index in [-0.39, 0.29) is 23.6 Å². The Balaban J connectivity index is 1.66. The van der Waals surface area contributed by atoms with E-state index in [1.165, 1.54) is 35.7 Å². The monoisotopic (exact) mass is 428 g/mol. The van der Waals surface area contributed by atoms with E-state index in [2.05, 4.69) is 0 Å². The number of rotatable bonds is 6. The van der Waals surface area contributed by atoms with Crippen LogP contribution >= 0.6 is 11.6 Å². The van der Waals surface area contributed by atoms with Crippen LogP contribution in [-0.2, 0) is 14.8 Å². The Morgan fingerprint density at radius 3 is 2.32 bits per heavy atom. The number of carbonyl (C=O) groups is 1. The lowest BCUT2D eigenvalue weighted by atomic mass is 9.96. The standard InChI is InChI=1S/C20H29ClN2O4S/c1-2-22(28(25,26)19-12-10-16(21)11-13-19)14-18-15-23(20(24)27-18)17-8-6-4-3-5-7-9-17/h10-13,17-18H,2-9,14-15H2,1H3/t18-/m1/s1. The molecule has 1 saturated carbocycles. The number of benzene rings is 1. The molecule has 1 aromatic rings. The van der Waals surface area contributed by atoms with E-state index in [9.17, 15) is 13.2 Å². The maximum atomic E-state index is 12.9. The molecule has 0 aromatic heterocycles. The Morgan fingerprint density at radius 1 is 1.11 bits per heavy atom. The second-order valence-corrected chi connectivity index (χ2v) is 9.94. The van der Waals surface area contributed by atoms with Crippen LogP contribution in [0.1, 0.15) is 51.9 Å². The van der Waals surface area contributed by atoms with Crippen LogP contribution in [-0.4, -0.2) is 55.5 Å². The molecule has 28 heavy (non-hydrogen) atoms. The zero-order valence-corrected chi connectivity index (χ0v) is 17.9. The number of amides is 1. The summed E-state index contributed by atoms with van der Waals surface area (Å²) in [5, 5.41) is 0.488. The van der Waals surface area contributed by atoms with Gasteiger partial charge in [0.1, 0.15) is 6.10 Å². The summed E-state index contributed by atoms with van der Waals surface area (Å²) in [5.74, 6) is 0. The molecule has 1 atom stereocenters. The van der Waals surface area contributed by atoms with E-state index in [1.807, 2.05) is 4.90 Å². The molecule has 1 saturated heterocycles. The minimum absolute atomic E-state index is 0.163. The molecule has 1 aliphatic heterocycles. The molecule has 0 spiro atoms. The third kappa shape index (κ3) is 4.99. The van der Waals surface area contributed by atoms with Crippen molar-refractivity contribution >= 4 is 27.7 Å². The van der Waals surface area contributed by atoms with Crippen LogP contribution in [0, 0.1) is 0 Å². The van der Waals surface area contributed by atoms with E-state index >= 15 is 0 Å². The largest absolute Gasteiger partial charge is 0.443 e. The van der Waals surface area contributed by atoms with Gasteiger partial charge in [-0.1, -0.05) is 50.6 Å². The molecular weight excluding hydrogens is 400 g/mol. The average molecular weight is 429 g/mol. The Kier molecular flexibility index (Phi) is 7.23. The number of halogens is 1. The van der Waals surface area contributed by atoms with Gasteiger partial charge in [0.05, 0.1) is 18.0 Å². The summed E-state index contributed by atoms with van der Waals surface area (Å²) in [4.78, 5) is 14.4. The first-order valence-corrected chi connectivity index (χ1v) is 12.0. The van der Waals surface area contributed by atoms with Crippen molar-refractivity contribution < 1.29 is 17.9 Å². The quantitative estimate of drug-likeness (QED) is 0.678. The van der Waals surface area contributed by atoms with Gasteiger partial charge in [0.15, 0.2) is 0 Å². The maximum Gasteiger partial charge on any atom is 0.410 e. The number of cyclic esters (lactones) is 1. The molecule has 1 aromatic carbocycles. The van der Waals surface area contributed by atoms with Gasteiger partial charge < -0.3 is 9.64 Å². The van der Waals surface area contributed by atoms with Gasteiger partial charge in [-0.2, -0.15) is 4.31 Å². The fraction of sp³-hybridized carbons (Fsp3) is 0.650. The second kappa shape index (κ2) is 9.46. The van der Waals surface area contributed by atoms with Gasteiger partial charge >= 0.3 is 6.09 Å². The topological polar surface area (TPSA) is 66.9 Å². The lowest BCUT2D eigenvalue weighted by molar-refractivity contribution is 0.118. The van der Waals surface area contributed by atoms with Gasteiger partial charge in [0.2, 0.25) is 10.0 Å². The zero-order valence-electron chi connectivity index (χ0n) is 16.3. The number of ether oxygens (including phenoxy) is 1. The highest BCUT2D eigenvalue weighted by molar-refractivity contribution is 7.89. The Hall–Kier alpha value is -1.31. The predicted molar refractivity (Wildman–Crippen MR) is 109 cm³/mol. The van der Waals surface area contributed by atoms with Crippen LogP contribution in [0.5, 0.6) is 0 Å². The lowest BCUT2D eigenvalue weighted by Gasteiger charge is -2.27. The summed E-state index contributed by atoms with van der Waals surface area (Å²) in [5.41, 5.74) is 0. The first-order chi connectivity index (χ1) is 13.4. The fourth-order valence-electron chi connectivity index (χ4n) is 4.06. The van der Waals surface area contributed by atoms with Crippen LogP contribution in [0.2, 0.25) is 5.02 Å². The number of likely N-dealkylation sites (N-methyl/N-ethyl adjacent to an activating group) is 1. The Bertz CT molecular complexity index is 761. The summed E-state index contributed by atoms with van der Waals surface area (Å²) in [7, 11) is -3.66. The van der Waals surface area contributed by atoms with Crippen molar-refractivity contribution in [3.63, 3.8) is 0 Å². The minimum atomic E-state index is -3.66. The third-order valence-electron chi connectivity index (χ3n) is 5.63. The Labute approximate surface area is 172 Å². The highest BCUT2D eigenvalue weighted by atomic mass is 35.5. The summed E-state index contributed by atoms with van der Waals surface area (Å²) >= 11 is 5.87. The van der Waals surface area contributed by atoms with Gasteiger partial charge in [-0.15, -0.1) is 0 Å². The van der Waals surface area contributed by atoms with Crippen molar-refractivity contribution in [2.24, 2.45) is 0 Å². The summed E-state index contributed by atoms with van der Waals surface area (Å²) in [6, 6.07) is 6.34. The van der Waals surface area contributed by atoms with Gasteiger partial charge in [-0.25, -0.2) is 13.2 Å². The molecule has 8 heteroatoms. The van der Waals surface area contributed by atoms with Crippen molar-refractivity contribution in [3.05, 3.63) is 29.3 Å². The molecule has 3 rings (SSSR count). The summed E-state index contributed by atoms with van der Waals surface area (Å²) in [6.45, 7) is 2.71. The Morgan fingerprint density at radius 2 is 1.71 bits per heavy atom. The van der Waals surface area contributed by atoms with Crippen molar-refractivity contribution in [1.82, 2.24) is 9.21 Å². The van der Waals surface area contributed by atoms with Gasteiger partial charge in [-0.05, 0) is 37.1 Å². The highest BCUT2D eigenvalue weighted by Crippen LogP contribution is 2.26. The molecule has 2 aliphatic rings. The average Bonchev–Trinajstić information content (AvgIpc) is 3.00. The molecule has 6 nitrogen and oxygen atoms in total. The number of hydrogen-bond acceptors (Lipinski definition) is 4. The van der Waals surface area contributed by atoms with Gasteiger partial charge in [0, 0.05) is 17.6 Å².